The first-order chi connectivity index (χ1) is 20.2. The van der Waals surface area contributed by atoms with Gasteiger partial charge in [-0.3, -0.25) is 10.1 Å². The fourth-order valence-corrected chi connectivity index (χ4v) is 3.97. The van der Waals surface area contributed by atoms with Crippen LogP contribution in [-0.2, 0) is 35.7 Å². The Morgan fingerprint density at radius 1 is 0.841 bits per heavy atom. The lowest BCUT2D eigenvalue weighted by Crippen LogP contribution is -2.09. The minimum absolute atomic E-state index is 0. The van der Waals surface area contributed by atoms with Crippen molar-refractivity contribution in [2.24, 2.45) is 0 Å². The first kappa shape index (κ1) is 36.6. The Morgan fingerprint density at radius 2 is 1.30 bits per heavy atom. The maximum atomic E-state index is 11.5. The molecular formula is C30H42N8O6. The first-order valence-corrected chi connectivity index (χ1v) is 13.0. The number of benzene rings is 2. The summed E-state index contributed by atoms with van der Waals surface area (Å²) >= 11 is 0. The van der Waals surface area contributed by atoms with E-state index < -0.39 is 10.9 Å². The van der Waals surface area contributed by atoms with E-state index in [1.807, 2.05) is 16.1 Å². The third-order valence-electron chi connectivity index (χ3n) is 6.29. The van der Waals surface area contributed by atoms with Gasteiger partial charge in [0.05, 0.1) is 78.8 Å². The highest BCUT2D eigenvalue weighted by Gasteiger charge is 2.17. The van der Waals surface area contributed by atoms with Crippen molar-refractivity contribution >= 4 is 34.7 Å². The molecule has 0 bridgehead atoms. The number of nitro groups is 1. The molecule has 44 heavy (non-hydrogen) atoms. The molecule has 2 aromatic carbocycles. The Hall–Kier alpha value is -5.40. The van der Waals surface area contributed by atoms with Crippen LogP contribution in [0.4, 0.5) is 22.7 Å². The van der Waals surface area contributed by atoms with Gasteiger partial charge in [0.25, 0.3) is 5.69 Å². The summed E-state index contributed by atoms with van der Waals surface area (Å²) in [6, 6.07) is 9.08. The standard InChI is InChI=1S/C14H16N4O4.C14H18N4O2.2CH4/c1-3-17-9-15-7-11(17)8-16-12-6-10(14(19)22-2)4-5-13(12)18(20)21;1-3-18-9-16-7-11(18)8-17-13-6-10(14(19)20-2)4-5-12(13)15;;/h4-7,9,16H,3,8H2,1-2H3;4-7,9,17H,3,8,15H2,1-2H3;2*1H4. The van der Waals surface area contributed by atoms with Gasteiger partial charge >= 0.3 is 11.9 Å². The van der Waals surface area contributed by atoms with Crippen molar-refractivity contribution in [1.29, 1.82) is 0 Å². The molecule has 0 spiro atoms. The van der Waals surface area contributed by atoms with Gasteiger partial charge in [-0.25, -0.2) is 19.6 Å². The van der Waals surface area contributed by atoms with Crippen LogP contribution >= 0.6 is 0 Å². The second kappa shape index (κ2) is 17.5. The largest absolute Gasteiger partial charge is 0.465 e. The lowest BCUT2D eigenvalue weighted by Gasteiger charge is -2.11. The molecule has 14 nitrogen and oxygen atoms in total. The van der Waals surface area contributed by atoms with Crippen LogP contribution in [-0.4, -0.2) is 50.2 Å². The van der Waals surface area contributed by atoms with Gasteiger partial charge in [0, 0.05) is 31.5 Å². The van der Waals surface area contributed by atoms with Crippen LogP contribution in [0.15, 0.2) is 61.4 Å². The highest BCUT2D eigenvalue weighted by molar-refractivity contribution is 5.92. The second-order valence-corrected chi connectivity index (χ2v) is 8.82. The van der Waals surface area contributed by atoms with E-state index in [0.29, 0.717) is 30.0 Å². The number of nitrogens with two attached hydrogens (primary N) is 1. The number of nitrogen functional groups attached to an aromatic ring is 1. The summed E-state index contributed by atoms with van der Waals surface area (Å²) in [5.74, 6) is -0.928. The quantitative estimate of drug-likeness (QED) is 0.0859. The molecule has 0 saturated heterocycles. The first-order valence-electron chi connectivity index (χ1n) is 13.0. The number of hydrogen-bond donors (Lipinski definition) is 3. The number of nitrogens with one attached hydrogen (secondary N) is 2. The van der Waals surface area contributed by atoms with Gasteiger partial charge in [0.15, 0.2) is 0 Å². The topological polar surface area (TPSA) is 181 Å². The summed E-state index contributed by atoms with van der Waals surface area (Å²) in [4.78, 5) is 41.8. The minimum atomic E-state index is -0.545. The Morgan fingerprint density at radius 3 is 1.75 bits per heavy atom. The number of ether oxygens (including phenoxy) is 2. The molecule has 2 aromatic heterocycles. The van der Waals surface area contributed by atoms with Crippen LogP contribution in [0.5, 0.6) is 0 Å². The van der Waals surface area contributed by atoms with Crippen LogP contribution < -0.4 is 16.4 Å². The smallest absolute Gasteiger partial charge is 0.337 e. The zero-order valence-electron chi connectivity index (χ0n) is 23.9. The van der Waals surface area contributed by atoms with Gasteiger partial charge in [-0.05, 0) is 44.2 Å². The number of nitrogens with zero attached hydrogens (tertiary/aromatic N) is 5. The maximum absolute atomic E-state index is 11.5. The molecule has 0 radical (unpaired) electrons. The van der Waals surface area contributed by atoms with E-state index in [2.05, 4.69) is 32.3 Å². The van der Waals surface area contributed by atoms with Crippen molar-refractivity contribution in [2.75, 3.05) is 30.6 Å². The van der Waals surface area contributed by atoms with E-state index in [9.17, 15) is 19.7 Å². The third-order valence-corrected chi connectivity index (χ3v) is 6.29. The Labute approximate surface area is 257 Å². The zero-order valence-corrected chi connectivity index (χ0v) is 23.9. The summed E-state index contributed by atoms with van der Waals surface area (Å²) in [6.45, 7) is 6.58. The average Bonchev–Trinajstić information content (AvgIpc) is 3.67. The summed E-state index contributed by atoms with van der Waals surface area (Å²) in [5, 5.41) is 17.3. The fraction of sp³-hybridized carbons (Fsp3) is 0.333. The molecule has 2 heterocycles. The minimum Gasteiger partial charge on any atom is -0.465 e. The molecule has 4 aromatic rings. The zero-order chi connectivity index (χ0) is 30.6. The molecular weight excluding hydrogens is 568 g/mol. The van der Waals surface area contributed by atoms with Gasteiger partial charge in [0.1, 0.15) is 5.69 Å². The number of aryl methyl sites for hydroxylation is 2. The predicted octanol–water partition coefficient (Wildman–Crippen LogP) is 5.37. The second-order valence-electron chi connectivity index (χ2n) is 8.82. The van der Waals surface area contributed by atoms with E-state index in [4.69, 9.17) is 10.5 Å². The molecule has 0 fully saturated rings. The Bertz CT molecular complexity index is 1530. The van der Waals surface area contributed by atoms with Crippen LogP contribution in [0.3, 0.4) is 0 Å². The molecule has 0 atom stereocenters. The Kier molecular flexibility index (Phi) is 14.6. The monoisotopic (exact) mass is 610 g/mol. The van der Waals surface area contributed by atoms with Crippen LogP contribution in [0.2, 0.25) is 0 Å². The molecule has 4 N–H and O–H groups in total. The van der Waals surface area contributed by atoms with Crippen molar-refractivity contribution in [2.45, 2.75) is 54.9 Å². The lowest BCUT2D eigenvalue weighted by atomic mass is 10.1. The van der Waals surface area contributed by atoms with Gasteiger partial charge < -0.3 is 35.0 Å². The predicted molar refractivity (Wildman–Crippen MR) is 171 cm³/mol. The molecule has 0 aliphatic carbocycles. The average molecular weight is 611 g/mol. The van der Waals surface area contributed by atoms with Crippen molar-refractivity contribution < 1.29 is 24.0 Å². The van der Waals surface area contributed by atoms with Gasteiger partial charge in [0.2, 0.25) is 0 Å². The molecule has 4 rings (SSSR count). The van der Waals surface area contributed by atoms with E-state index in [-0.39, 0.29) is 37.8 Å². The summed E-state index contributed by atoms with van der Waals surface area (Å²) in [5.41, 5.74) is 10.0. The number of hydrogen-bond acceptors (Lipinski definition) is 11. The SMILES string of the molecule is C.C.CCn1cncc1CNc1cc(C(=O)OC)ccc1N.CCn1cncc1CNc1cc(C(=O)OC)ccc1[N+](=O)[O-]. The Balaban J connectivity index is 0.000000422. The molecule has 0 aliphatic rings. The fourth-order valence-electron chi connectivity index (χ4n) is 3.97. The van der Waals surface area contributed by atoms with Crippen molar-refractivity contribution in [1.82, 2.24) is 19.1 Å². The van der Waals surface area contributed by atoms with E-state index >= 15 is 0 Å². The third kappa shape index (κ3) is 9.31. The van der Waals surface area contributed by atoms with Gasteiger partial charge in [-0.1, -0.05) is 14.9 Å². The molecule has 238 valence electrons. The summed E-state index contributed by atoms with van der Waals surface area (Å²) < 4.78 is 13.3. The number of carbonyl (C=O) groups excluding carboxylic acids is 2. The number of methoxy groups -OCH3 is 2. The van der Waals surface area contributed by atoms with Crippen molar-refractivity contribution in [3.05, 3.63) is 94.1 Å². The summed E-state index contributed by atoms with van der Waals surface area (Å²) in [7, 11) is 2.61. The number of rotatable bonds is 11. The highest BCUT2D eigenvalue weighted by atomic mass is 16.6. The number of aromatic nitrogens is 4. The highest BCUT2D eigenvalue weighted by Crippen LogP contribution is 2.26. The van der Waals surface area contributed by atoms with Crippen LogP contribution in [0.25, 0.3) is 0 Å². The van der Waals surface area contributed by atoms with E-state index in [1.54, 1.807) is 43.2 Å². The molecule has 14 heteroatoms. The lowest BCUT2D eigenvalue weighted by molar-refractivity contribution is -0.384. The number of anilines is 3. The van der Waals surface area contributed by atoms with Crippen LogP contribution in [0.1, 0.15) is 60.8 Å². The van der Waals surface area contributed by atoms with Gasteiger partial charge in [-0.2, -0.15) is 0 Å². The normalized spacial score (nSPS) is 9.82. The number of carbonyl (C=O) groups is 2. The number of imidazole rings is 2. The van der Waals surface area contributed by atoms with E-state index in [1.165, 1.54) is 32.4 Å². The van der Waals surface area contributed by atoms with Crippen LogP contribution in [0, 0.1) is 10.1 Å². The maximum Gasteiger partial charge on any atom is 0.337 e. The van der Waals surface area contributed by atoms with Crippen molar-refractivity contribution in [3.8, 4) is 0 Å². The molecule has 0 saturated carbocycles. The van der Waals surface area contributed by atoms with Crippen molar-refractivity contribution in [3.63, 3.8) is 0 Å². The molecule has 0 unspecified atom stereocenters. The van der Waals surface area contributed by atoms with Gasteiger partial charge in [-0.15, -0.1) is 0 Å². The van der Waals surface area contributed by atoms with E-state index in [0.717, 1.165) is 24.5 Å². The number of nitro benzene ring substituents is 1. The number of esters is 2. The summed E-state index contributed by atoms with van der Waals surface area (Å²) in [6.07, 6.45) is 6.96. The molecule has 0 aliphatic heterocycles. The molecule has 0 amide bonds.